The van der Waals surface area contributed by atoms with Crippen LogP contribution in [-0.2, 0) is 4.79 Å². The van der Waals surface area contributed by atoms with Crippen molar-refractivity contribution in [2.45, 2.75) is 32.6 Å². The molecule has 0 aromatic heterocycles. The second-order valence-corrected chi connectivity index (χ2v) is 3.74. The molecule has 0 aliphatic carbocycles. The van der Waals surface area contributed by atoms with Gasteiger partial charge >= 0.3 is 5.97 Å². The van der Waals surface area contributed by atoms with Crippen molar-refractivity contribution in [3.05, 3.63) is 35.4 Å². The molecule has 0 radical (unpaired) electrons. The molecule has 0 saturated heterocycles. The van der Waals surface area contributed by atoms with Gasteiger partial charge in [-0.25, -0.2) is 0 Å². The van der Waals surface area contributed by atoms with Gasteiger partial charge in [-0.3, -0.25) is 4.79 Å². The van der Waals surface area contributed by atoms with Gasteiger partial charge in [0.1, 0.15) is 0 Å². The van der Waals surface area contributed by atoms with Crippen molar-refractivity contribution >= 4 is 5.97 Å². The zero-order valence-electron chi connectivity index (χ0n) is 8.66. The fourth-order valence-corrected chi connectivity index (χ4v) is 1.40. The third-order valence-corrected chi connectivity index (χ3v) is 2.44. The summed E-state index contributed by atoms with van der Waals surface area (Å²) in [5, 5.41) is 8.55. The lowest BCUT2D eigenvalue weighted by molar-refractivity contribution is -0.137. The second-order valence-electron chi connectivity index (χ2n) is 3.74. The zero-order valence-corrected chi connectivity index (χ0v) is 8.66. The SMILES string of the molecule is Cc1ccc(C(C)CCC(=O)O)cc1. The van der Waals surface area contributed by atoms with Crippen molar-refractivity contribution in [2.75, 3.05) is 0 Å². The van der Waals surface area contributed by atoms with Crippen LogP contribution in [0.2, 0.25) is 0 Å². The van der Waals surface area contributed by atoms with E-state index in [0.717, 1.165) is 0 Å². The molecule has 1 aromatic rings. The third-order valence-electron chi connectivity index (χ3n) is 2.44. The molecule has 0 amide bonds. The van der Waals surface area contributed by atoms with Gasteiger partial charge in [-0.15, -0.1) is 0 Å². The lowest BCUT2D eigenvalue weighted by atomic mass is 9.95. The first-order valence-corrected chi connectivity index (χ1v) is 4.88. The number of hydrogen-bond donors (Lipinski definition) is 1. The third kappa shape index (κ3) is 3.21. The summed E-state index contributed by atoms with van der Waals surface area (Å²) >= 11 is 0. The van der Waals surface area contributed by atoms with Crippen LogP contribution in [0.15, 0.2) is 24.3 Å². The van der Waals surface area contributed by atoms with Crippen molar-refractivity contribution in [3.63, 3.8) is 0 Å². The van der Waals surface area contributed by atoms with Gasteiger partial charge in [0.25, 0.3) is 0 Å². The summed E-state index contributed by atoms with van der Waals surface area (Å²) in [6.45, 7) is 4.11. The molecule has 0 heterocycles. The number of hydrogen-bond acceptors (Lipinski definition) is 1. The fourth-order valence-electron chi connectivity index (χ4n) is 1.40. The predicted octanol–water partition coefficient (Wildman–Crippen LogP) is 2.96. The largest absolute Gasteiger partial charge is 0.481 e. The number of aryl methyl sites for hydroxylation is 1. The zero-order chi connectivity index (χ0) is 10.6. The van der Waals surface area contributed by atoms with E-state index in [0.29, 0.717) is 12.3 Å². The van der Waals surface area contributed by atoms with Gasteiger partial charge in [-0.05, 0) is 24.8 Å². The van der Waals surface area contributed by atoms with Crippen molar-refractivity contribution < 1.29 is 9.90 Å². The molecule has 1 unspecified atom stereocenters. The summed E-state index contributed by atoms with van der Waals surface area (Å²) in [5.41, 5.74) is 2.45. The molecule has 0 aliphatic rings. The molecule has 0 spiro atoms. The Kier molecular flexibility index (Phi) is 3.69. The lowest BCUT2D eigenvalue weighted by Crippen LogP contribution is -1.99. The Hall–Kier alpha value is -1.31. The summed E-state index contributed by atoms with van der Waals surface area (Å²) in [4.78, 5) is 10.4. The van der Waals surface area contributed by atoms with Crippen LogP contribution < -0.4 is 0 Å². The fraction of sp³-hybridized carbons (Fsp3) is 0.417. The Bertz CT molecular complexity index is 301. The first-order chi connectivity index (χ1) is 6.59. The molecule has 1 rings (SSSR count). The highest BCUT2D eigenvalue weighted by Crippen LogP contribution is 2.20. The highest BCUT2D eigenvalue weighted by molar-refractivity contribution is 5.66. The monoisotopic (exact) mass is 192 g/mol. The molecular weight excluding hydrogens is 176 g/mol. The number of benzene rings is 1. The molecule has 0 saturated carbocycles. The highest BCUT2D eigenvalue weighted by atomic mass is 16.4. The minimum atomic E-state index is -0.719. The Labute approximate surface area is 84.6 Å². The van der Waals surface area contributed by atoms with Gasteiger partial charge < -0.3 is 5.11 Å². The lowest BCUT2D eigenvalue weighted by Gasteiger charge is -2.10. The number of carboxylic acids is 1. The van der Waals surface area contributed by atoms with Crippen LogP contribution >= 0.6 is 0 Å². The summed E-state index contributed by atoms with van der Waals surface area (Å²) in [7, 11) is 0. The van der Waals surface area contributed by atoms with Crippen molar-refractivity contribution in [3.8, 4) is 0 Å². The standard InChI is InChI=1S/C12H16O2/c1-9-3-6-11(7-4-9)10(2)5-8-12(13)14/h3-4,6-7,10H,5,8H2,1-2H3,(H,13,14). The normalized spacial score (nSPS) is 12.4. The maximum Gasteiger partial charge on any atom is 0.303 e. The van der Waals surface area contributed by atoms with Gasteiger partial charge in [0.15, 0.2) is 0 Å². The van der Waals surface area contributed by atoms with E-state index in [2.05, 4.69) is 31.2 Å². The summed E-state index contributed by atoms with van der Waals surface area (Å²) in [5.74, 6) is -0.393. The van der Waals surface area contributed by atoms with Gasteiger partial charge in [0.2, 0.25) is 0 Å². The highest BCUT2D eigenvalue weighted by Gasteiger charge is 2.07. The van der Waals surface area contributed by atoms with Crippen molar-refractivity contribution in [2.24, 2.45) is 0 Å². The van der Waals surface area contributed by atoms with Crippen LogP contribution in [0.3, 0.4) is 0 Å². The van der Waals surface area contributed by atoms with E-state index in [1.807, 2.05) is 6.92 Å². The van der Waals surface area contributed by atoms with Crippen molar-refractivity contribution in [1.82, 2.24) is 0 Å². The maximum atomic E-state index is 10.4. The van der Waals surface area contributed by atoms with Gasteiger partial charge in [0, 0.05) is 6.42 Å². The van der Waals surface area contributed by atoms with E-state index in [-0.39, 0.29) is 6.42 Å². The molecule has 0 bridgehead atoms. The Balaban J connectivity index is 2.56. The second kappa shape index (κ2) is 4.80. The number of rotatable bonds is 4. The van der Waals surface area contributed by atoms with Crippen LogP contribution in [0.5, 0.6) is 0 Å². The minimum Gasteiger partial charge on any atom is -0.481 e. The van der Waals surface area contributed by atoms with Gasteiger partial charge in [0.05, 0.1) is 0 Å². The number of carboxylic acid groups (broad SMARTS) is 1. The molecular formula is C12H16O2. The minimum absolute atomic E-state index is 0.245. The van der Waals surface area contributed by atoms with Crippen LogP contribution in [0.25, 0.3) is 0 Å². The topological polar surface area (TPSA) is 37.3 Å². The summed E-state index contributed by atoms with van der Waals surface area (Å²) in [6, 6.07) is 8.27. The molecule has 1 atom stereocenters. The van der Waals surface area contributed by atoms with Gasteiger partial charge in [-0.2, -0.15) is 0 Å². The molecule has 0 aliphatic heterocycles. The van der Waals surface area contributed by atoms with E-state index in [9.17, 15) is 4.79 Å². The number of carbonyl (C=O) groups is 1. The molecule has 1 aromatic carbocycles. The summed E-state index contributed by atoms with van der Waals surface area (Å²) in [6.07, 6.45) is 0.952. The Morgan fingerprint density at radius 3 is 2.43 bits per heavy atom. The van der Waals surface area contributed by atoms with E-state index < -0.39 is 5.97 Å². The Morgan fingerprint density at radius 2 is 1.93 bits per heavy atom. The van der Waals surface area contributed by atoms with Crippen LogP contribution in [0, 0.1) is 6.92 Å². The van der Waals surface area contributed by atoms with Gasteiger partial charge in [-0.1, -0.05) is 36.8 Å². The average Bonchev–Trinajstić information content (AvgIpc) is 2.15. The molecule has 76 valence electrons. The van der Waals surface area contributed by atoms with Crippen LogP contribution in [-0.4, -0.2) is 11.1 Å². The van der Waals surface area contributed by atoms with E-state index in [1.165, 1.54) is 11.1 Å². The predicted molar refractivity (Wildman–Crippen MR) is 56.5 cm³/mol. The van der Waals surface area contributed by atoms with E-state index in [4.69, 9.17) is 5.11 Å². The molecule has 2 heteroatoms. The number of aliphatic carboxylic acids is 1. The van der Waals surface area contributed by atoms with Crippen molar-refractivity contribution in [1.29, 1.82) is 0 Å². The molecule has 14 heavy (non-hydrogen) atoms. The first kappa shape index (κ1) is 10.8. The Morgan fingerprint density at radius 1 is 1.36 bits per heavy atom. The quantitative estimate of drug-likeness (QED) is 0.796. The maximum absolute atomic E-state index is 10.4. The summed E-state index contributed by atoms with van der Waals surface area (Å²) < 4.78 is 0. The smallest absolute Gasteiger partial charge is 0.303 e. The molecule has 0 fully saturated rings. The van der Waals surface area contributed by atoms with E-state index >= 15 is 0 Å². The van der Waals surface area contributed by atoms with Crippen LogP contribution in [0.1, 0.15) is 36.8 Å². The first-order valence-electron chi connectivity index (χ1n) is 4.88. The molecule has 2 nitrogen and oxygen atoms in total. The van der Waals surface area contributed by atoms with Crippen LogP contribution in [0.4, 0.5) is 0 Å². The molecule has 1 N–H and O–H groups in total. The van der Waals surface area contributed by atoms with E-state index in [1.54, 1.807) is 0 Å². The average molecular weight is 192 g/mol.